The van der Waals surface area contributed by atoms with Crippen LogP contribution in [0.2, 0.25) is 0 Å². The quantitative estimate of drug-likeness (QED) is 0.0675. The molecule has 7 rings (SSSR count). The van der Waals surface area contributed by atoms with E-state index in [4.69, 9.17) is 20.9 Å². The number of carbonyl (C=O) groups is 4. The van der Waals surface area contributed by atoms with Gasteiger partial charge in [-0.3, -0.25) is 9.59 Å². The van der Waals surface area contributed by atoms with Crippen LogP contribution in [0, 0.1) is 11.0 Å². The predicted octanol–water partition coefficient (Wildman–Crippen LogP) is 8.96. The molecule has 2 aliphatic heterocycles. The van der Waals surface area contributed by atoms with E-state index < -0.39 is 58.8 Å². The zero-order chi connectivity index (χ0) is 46.2. The molecule has 2 aliphatic rings. The minimum absolute atomic E-state index is 0.0478. The van der Waals surface area contributed by atoms with Gasteiger partial charge in [-0.25, -0.2) is 14.0 Å². The maximum absolute atomic E-state index is 13.4. The van der Waals surface area contributed by atoms with Crippen molar-refractivity contribution in [2.45, 2.75) is 81.8 Å². The number of alkyl halides is 3. The van der Waals surface area contributed by atoms with Gasteiger partial charge in [0.2, 0.25) is 11.8 Å². The molecule has 64 heavy (non-hydrogen) atoms. The van der Waals surface area contributed by atoms with E-state index in [1.54, 1.807) is 17.9 Å². The number of amides is 4. The normalized spacial score (nSPS) is 19.7. The smallest absolute Gasteiger partial charge is 0.416 e. The molecule has 4 amide bonds. The SMILES string of the molecule is CC(c1ccc(-c2ccc[n+]([O-])c2)cc1)N1CCC(CCC(N)=O)(c2ccccc2)OC1=O.CC(c1cccc(C(F)(F)F)c1)N1CCC(CCC(N)=O)(c2ccc(F)cc2)OC1=O. The number of nitrogens with two attached hydrogens (primary N) is 2. The molecule has 4 N–H and O–H groups in total. The third-order valence-electron chi connectivity index (χ3n) is 11.9. The number of primary amides is 2. The number of hydrogen-bond acceptors (Lipinski definition) is 7. The van der Waals surface area contributed by atoms with E-state index in [1.165, 1.54) is 53.7 Å². The molecular formula is C48H49F4N5O7. The van der Waals surface area contributed by atoms with E-state index in [0.717, 1.165) is 39.1 Å². The second-order valence-electron chi connectivity index (χ2n) is 16.0. The van der Waals surface area contributed by atoms with E-state index in [2.05, 4.69) is 0 Å². The Bertz CT molecular complexity index is 2440. The second kappa shape index (κ2) is 19.6. The summed E-state index contributed by atoms with van der Waals surface area (Å²) in [6, 6.07) is 30.3. The summed E-state index contributed by atoms with van der Waals surface area (Å²) < 4.78 is 65.0. The van der Waals surface area contributed by atoms with Gasteiger partial charge < -0.3 is 35.9 Å². The summed E-state index contributed by atoms with van der Waals surface area (Å²) in [6.45, 7) is 4.24. The first-order valence-corrected chi connectivity index (χ1v) is 20.7. The highest BCUT2D eigenvalue weighted by atomic mass is 19.4. The standard InChI is InChI=1S/C26H27N3O4.C22H22F4N2O3/c1-19(20-9-11-21(12-10-20)22-6-5-16-28(32)18-22)29-17-15-26(33-25(29)31,14-13-24(27)30)23-7-3-2-4-8-23;1-14(15-3-2-4-17(13-15)22(24,25)26)28-12-11-21(31-20(28)30,10-9-19(27)29)16-5-7-18(23)8-6-16/h2-12,16,18-19H,13-15,17H2,1H3,(H2,27,30);2-8,13-14H,9-12H2,1H3,(H2,27,29). The zero-order valence-corrected chi connectivity index (χ0v) is 35.3. The molecular weight excluding hydrogens is 835 g/mol. The molecule has 12 nitrogen and oxygen atoms in total. The first-order valence-electron chi connectivity index (χ1n) is 20.7. The second-order valence-corrected chi connectivity index (χ2v) is 16.0. The van der Waals surface area contributed by atoms with Gasteiger partial charge in [0, 0.05) is 63.2 Å². The van der Waals surface area contributed by atoms with E-state index in [0.29, 0.717) is 30.5 Å². The van der Waals surface area contributed by atoms with Gasteiger partial charge in [-0.05, 0) is 72.0 Å². The lowest BCUT2D eigenvalue weighted by molar-refractivity contribution is -0.604. The summed E-state index contributed by atoms with van der Waals surface area (Å²) in [4.78, 5) is 51.8. The first-order chi connectivity index (χ1) is 30.4. The molecule has 2 saturated heterocycles. The highest BCUT2D eigenvalue weighted by Gasteiger charge is 2.45. The molecule has 4 atom stereocenters. The van der Waals surface area contributed by atoms with Gasteiger partial charge in [-0.1, -0.05) is 78.9 Å². The van der Waals surface area contributed by atoms with E-state index >= 15 is 0 Å². The summed E-state index contributed by atoms with van der Waals surface area (Å²) in [6.07, 6.45) is -1.28. The van der Waals surface area contributed by atoms with Gasteiger partial charge in [0.25, 0.3) is 0 Å². The summed E-state index contributed by atoms with van der Waals surface area (Å²) in [7, 11) is 0. The lowest BCUT2D eigenvalue weighted by Gasteiger charge is -2.43. The van der Waals surface area contributed by atoms with Crippen molar-refractivity contribution in [2.75, 3.05) is 13.1 Å². The number of aromatic nitrogens is 1. The fraction of sp³-hybridized carbons (Fsp3) is 0.312. The molecule has 1 aromatic heterocycles. The van der Waals surface area contributed by atoms with Gasteiger partial charge in [-0.15, -0.1) is 0 Å². The van der Waals surface area contributed by atoms with Crippen molar-refractivity contribution >= 4 is 24.0 Å². The van der Waals surface area contributed by atoms with Gasteiger partial charge in [0.15, 0.2) is 12.4 Å². The summed E-state index contributed by atoms with van der Waals surface area (Å²) >= 11 is 0. The van der Waals surface area contributed by atoms with Crippen molar-refractivity contribution in [3.8, 4) is 11.1 Å². The number of pyridine rings is 1. The Balaban J connectivity index is 0.000000213. The minimum atomic E-state index is -4.50. The van der Waals surface area contributed by atoms with Crippen LogP contribution in [-0.2, 0) is 36.4 Å². The summed E-state index contributed by atoms with van der Waals surface area (Å²) in [5, 5.41) is 11.6. The molecule has 3 heterocycles. The number of halogens is 4. The van der Waals surface area contributed by atoms with E-state index in [-0.39, 0.29) is 38.3 Å². The number of ether oxygens (including phenoxy) is 2. The minimum Gasteiger partial charge on any atom is -0.619 e. The van der Waals surface area contributed by atoms with Crippen LogP contribution in [0.3, 0.4) is 0 Å². The number of rotatable bonds is 13. The Morgan fingerprint density at radius 1 is 0.703 bits per heavy atom. The first kappa shape index (κ1) is 46.5. The van der Waals surface area contributed by atoms with Gasteiger partial charge in [0.05, 0.1) is 17.6 Å². The molecule has 4 aromatic carbocycles. The lowest BCUT2D eigenvalue weighted by Crippen LogP contribution is -2.49. The van der Waals surface area contributed by atoms with Crippen LogP contribution < -0.4 is 16.2 Å². The zero-order valence-electron chi connectivity index (χ0n) is 35.3. The van der Waals surface area contributed by atoms with E-state index in [1.807, 2.05) is 67.6 Å². The topological polar surface area (TPSA) is 172 Å². The predicted molar refractivity (Wildman–Crippen MR) is 228 cm³/mol. The number of benzene rings is 4. The van der Waals surface area contributed by atoms with Crippen LogP contribution in [-0.4, -0.2) is 46.9 Å². The fourth-order valence-corrected chi connectivity index (χ4v) is 8.15. The third-order valence-corrected chi connectivity index (χ3v) is 11.9. The Morgan fingerprint density at radius 2 is 1.23 bits per heavy atom. The molecule has 4 unspecified atom stereocenters. The van der Waals surface area contributed by atoms with Gasteiger partial charge in [-0.2, -0.15) is 17.9 Å². The van der Waals surface area contributed by atoms with Crippen molar-refractivity contribution in [2.24, 2.45) is 11.5 Å². The van der Waals surface area contributed by atoms with Crippen LogP contribution in [0.25, 0.3) is 11.1 Å². The molecule has 16 heteroatoms. The van der Waals surface area contributed by atoms with Crippen molar-refractivity contribution in [1.29, 1.82) is 0 Å². The summed E-state index contributed by atoms with van der Waals surface area (Å²) in [5.41, 5.74) is 12.2. The van der Waals surface area contributed by atoms with Crippen molar-refractivity contribution < 1.29 is 50.9 Å². The molecule has 336 valence electrons. The Hall–Kier alpha value is -6.97. The highest BCUT2D eigenvalue weighted by Crippen LogP contribution is 2.42. The van der Waals surface area contributed by atoms with Crippen LogP contribution >= 0.6 is 0 Å². The van der Waals surface area contributed by atoms with Crippen LogP contribution in [0.1, 0.15) is 92.3 Å². The highest BCUT2D eigenvalue weighted by molar-refractivity contribution is 5.75. The molecule has 0 radical (unpaired) electrons. The average Bonchev–Trinajstić information content (AvgIpc) is 3.28. The van der Waals surface area contributed by atoms with Gasteiger partial charge >= 0.3 is 18.4 Å². The van der Waals surface area contributed by atoms with Crippen LogP contribution in [0.15, 0.2) is 128 Å². The third kappa shape index (κ3) is 11.0. The molecule has 0 spiro atoms. The Labute approximate surface area is 368 Å². The molecule has 0 bridgehead atoms. The monoisotopic (exact) mass is 883 g/mol. The Kier molecular flexibility index (Phi) is 14.3. The fourth-order valence-electron chi connectivity index (χ4n) is 8.15. The van der Waals surface area contributed by atoms with Crippen molar-refractivity contribution in [3.63, 3.8) is 0 Å². The van der Waals surface area contributed by atoms with Gasteiger partial charge in [0.1, 0.15) is 17.0 Å². The number of carbonyl (C=O) groups excluding carboxylic acids is 4. The summed E-state index contributed by atoms with van der Waals surface area (Å²) in [5.74, 6) is -1.45. The maximum Gasteiger partial charge on any atom is 0.416 e. The average molecular weight is 884 g/mol. The number of cyclic esters (lactones) is 2. The van der Waals surface area contributed by atoms with Crippen molar-refractivity contribution in [1.82, 2.24) is 9.80 Å². The molecule has 2 fully saturated rings. The molecule has 0 saturated carbocycles. The molecule has 0 aliphatic carbocycles. The van der Waals surface area contributed by atoms with Crippen LogP contribution in [0.4, 0.5) is 27.2 Å². The number of hydrogen-bond donors (Lipinski definition) is 2. The molecule has 5 aromatic rings. The van der Waals surface area contributed by atoms with Crippen molar-refractivity contribution in [3.05, 3.63) is 166 Å². The number of nitrogens with zero attached hydrogens (tertiary/aromatic N) is 3. The van der Waals surface area contributed by atoms with Crippen LogP contribution in [0.5, 0.6) is 0 Å². The largest absolute Gasteiger partial charge is 0.619 e. The lowest BCUT2D eigenvalue weighted by atomic mass is 9.84. The maximum atomic E-state index is 13.4. The van der Waals surface area contributed by atoms with E-state index in [9.17, 15) is 41.9 Å². The Morgan fingerprint density at radius 3 is 1.73 bits per heavy atom.